The van der Waals surface area contributed by atoms with Gasteiger partial charge < -0.3 is 0 Å². The van der Waals surface area contributed by atoms with E-state index in [1.165, 1.54) is 30.6 Å². The van der Waals surface area contributed by atoms with Crippen LogP contribution in [-0.2, 0) is 5.75 Å². The Hall–Kier alpha value is -0.330. The summed E-state index contributed by atoms with van der Waals surface area (Å²) >= 11 is 10.4. The second-order valence-corrected chi connectivity index (χ2v) is 7.70. The fourth-order valence-corrected chi connectivity index (χ4v) is 4.33. The average Bonchev–Trinajstić information content (AvgIpc) is 3.03. The lowest BCUT2D eigenvalue weighted by Gasteiger charge is -2.13. The van der Waals surface area contributed by atoms with Gasteiger partial charge in [-0.2, -0.15) is 0 Å². The van der Waals surface area contributed by atoms with Crippen molar-refractivity contribution in [3.63, 3.8) is 0 Å². The van der Waals surface area contributed by atoms with Crippen molar-refractivity contribution < 1.29 is 0 Å². The molecule has 2 nitrogen and oxygen atoms in total. The van der Waals surface area contributed by atoms with Gasteiger partial charge in [-0.3, -0.25) is 0 Å². The highest BCUT2D eigenvalue weighted by atomic mass is 127. The number of hydrogen-bond acceptors (Lipinski definition) is 3. The Kier molecular flexibility index (Phi) is 5.40. The number of hydrogen-bond donors (Lipinski definition) is 0. The normalized spacial score (nSPS) is 15.5. The van der Waals surface area contributed by atoms with Crippen molar-refractivity contribution in [1.82, 2.24) is 9.97 Å². The molecule has 0 atom stereocenters. The molecule has 1 heterocycles. The molecule has 1 aromatic carbocycles. The van der Waals surface area contributed by atoms with Crippen LogP contribution in [0, 0.1) is 3.57 Å². The van der Waals surface area contributed by atoms with E-state index in [4.69, 9.17) is 16.6 Å². The maximum absolute atomic E-state index is 6.31. The first kappa shape index (κ1) is 15.6. The lowest BCUT2D eigenvalue weighted by molar-refractivity contribution is 0.683. The van der Waals surface area contributed by atoms with E-state index in [0.717, 1.165) is 20.8 Å². The molecule has 0 radical (unpaired) electrons. The summed E-state index contributed by atoms with van der Waals surface area (Å²) in [5.41, 5.74) is 1.16. The molecule has 0 saturated heterocycles. The third-order valence-corrected chi connectivity index (χ3v) is 6.40. The summed E-state index contributed by atoms with van der Waals surface area (Å²) in [6.07, 6.45) is 5.07. The molecule has 1 aliphatic carbocycles. The third kappa shape index (κ3) is 3.90. The largest absolute Gasteiger partial charge is 0.236 e. The highest BCUT2D eigenvalue weighted by Gasteiger charge is 2.23. The minimum atomic E-state index is 0.567. The van der Waals surface area contributed by atoms with Crippen LogP contribution in [0.5, 0.6) is 0 Å². The van der Waals surface area contributed by atoms with Crippen LogP contribution in [0.25, 0.3) is 0 Å². The highest BCUT2D eigenvalue weighted by molar-refractivity contribution is 14.1. The molecule has 1 aliphatic rings. The first-order valence-electron chi connectivity index (χ1n) is 7.13. The second-order valence-electron chi connectivity index (χ2n) is 5.21. The van der Waals surface area contributed by atoms with Gasteiger partial charge in [0.25, 0.3) is 0 Å². The molecular weight excluding hydrogens is 415 g/mol. The molecule has 0 aliphatic heterocycles. The Labute approximate surface area is 148 Å². The van der Waals surface area contributed by atoms with Crippen LogP contribution in [-0.4, -0.2) is 9.97 Å². The Morgan fingerprint density at radius 3 is 2.57 bits per heavy atom. The van der Waals surface area contributed by atoms with Crippen molar-refractivity contribution in [3.05, 3.63) is 50.6 Å². The zero-order valence-electron chi connectivity index (χ0n) is 11.6. The lowest BCUT2D eigenvalue weighted by Crippen LogP contribution is -2.06. The van der Waals surface area contributed by atoms with Gasteiger partial charge in [0.2, 0.25) is 0 Å². The number of thioether (sulfide) groups is 1. The van der Waals surface area contributed by atoms with Crippen molar-refractivity contribution in [3.8, 4) is 0 Å². The van der Waals surface area contributed by atoms with E-state index in [0.29, 0.717) is 11.1 Å². The number of halogens is 2. The first-order valence-corrected chi connectivity index (χ1v) is 9.58. The highest BCUT2D eigenvalue weighted by Crippen LogP contribution is 2.37. The van der Waals surface area contributed by atoms with Crippen molar-refractivity contribution in [2.75, 3.05) is 0 Å². The van der Waals surface area contributed by atoms with Crippen LogP contribution in [0.2, 0.25) is 5.15 Å². The molecule has 3 rings (SSSR count). The van der Waals surface area contributed by atoms with E-state index in [-0.39, 0.29) is 0 Å². The zero-order chi connectivity index (χ0) is 14.7. The Bertz CT molecular complexity index is 615. The lowest BCUT2D eigenvalue weighted by atomic mass is 10.0. The number of benzene rings is 1. The summed E-state index contributed by atoms with van der Waals surface area (Å²) in [5, 5.41) is 0.608. The van der Waals surface area contributed by atoms with Gasteiger partial charge in [-0.25, -0.2) is 9.97 Å². The molecule has 0 N–H and O–H groups in total. The summed E-state index contributed by atoms with van der Waals surface area (Å²) in [7, 11) is 0. The predicted molar refractivity (Wildman–Crippen MR) is 97.0 cm³/mol. The van der Waals surface area contributed by atoms with E-state index >= 15 is 0 Å². The summed E-state index contributed by atoms with van der Waals surface area (Å²) in [6.45, 7) is 0. The fraction of sp³-hybridized carbons (Fsp3) is 0.375. The van der Waals surface area contributed by atoms with Gasteiger partial charge in [-0.15, -0.1) is 11.8 Å². The van der Waals surface area contributed by atoms with Crippen LogP contribution in [0.4, 0.5) is 0 Å². The van der Waals surface area contributed by atoms with Crippen LogP contribution in [0.15, 0.2) is 35.2 Å². The van der Waals surface area contributed by atoms with Crippen molar-refractivity contribution in [2.45, 2.75) is 42.2 Å². The van der Waals surface area contributed by atoms with Gasteiger partial charge in [0, 0.05) is 10.8 Å². The maximum Gasteiger partial charge on any atom is 0.146 e. The predicted octanol–water partition coefficient (Wildman–Crippen LogP) is 5.68. The van der Waals surface area contributed by atoms with Crippen molar-refractivity contribution in [2.24, 2.45) is 0 Å². The smallest absolute Gasteiger partial charge is 0.146 e. The van der Waals surface area contributed by atoms with Gasteiger partial charge in [0.05, 0.1) is 15.0 Å². The second kappa shape index (κ2) is 7.29. The number of nitrogens with zero attached hydrogens (tertiary/aromatic N) is 2. The van der Waals surface area contributed by atoms with Crippen LogP contribution >= 0.6 is 46.0 Å². The van der Waals surface area contributed by atoms with Crippen molar-refractivity contribution in [1.29, 1.82) is 0 Å². The molecule has 0 spiro atoms. The van der Waals surface area contributed by atoms with E-state index < -0.39 is 0 Å². The van der Waals surface area contributed by atoms with Crippen molar-refractivity contribution >= 4 is 46.0 Å². The number of rotatable bonds is 4. The summed E-state index contributed by atoms with van der Waals surface area (Å²) < 4.78 is 1.04. The molecule has 1 saturated carbocycles. The zero-order valence-corrected chi connectivity index (χ0v) is 15.3. The van der Waals surface area contributed by atoms with Gasteiger partial charge in [0.1, 0.15) is 11.0 Å². The molecule has 1 fully saturated rings. The molecule has 2 aromatic rings. The Morgan fingerprint density at radius 1 is 1.14 bits per heavy atom. The van der Waals surface area contributed by atoms with E-state index in [1.54, 1.807) is 11.8 Å². The van der Waals surface area contributed by atoms with Gasteiger partial charge in [-0.05, 0) is 47.6 Å². The average molecular weight is 431 g/mol. The molecule has 0 bridgehead atoms. The molecule has 0 amide bonds. The van der Waals surface area contributed by atoms with Gasteiger partial charge in [0.15, 0.2) is 0 Å². The fourth-order valence-electron chi connectivity index (χ4n) is 2.68. The van der Waals surface area contributed by atoms with E-state index in [2.05, 4.69) is 39.7 Å². The van der Waals surface area contributed by atoms with Crippen LogP contribution < -0.4 is 0 Å². The molecular formula is C16H16ClIN2S. The van der Waals surface area contributed by atoms with E-state index in [1.807, 2.05) is 18.2 Å². The molecule has 110 valence electrons. The SMILES string of the molecule is Clc1nc(CSc2ccccc2)nc(C2CCCC2)c1I. The molecule has 0 unspecified atom stereocenters. The molecule has 5 heteroatoms. The maximum atomic E-state index is 6.31. The summed E-state index contributed by atoms with van der Waals surface area (Å²) in [5.74, 6) is 2.18. The first-order chi connectivity index (χ1) is 10.2. The third-order valence-electron chi connectivity index (χ3n) is 3.74. The Morgan fingerprint density at radius 2 is 1.86 bits per heavy atom. The molecule has 21 heavy (non-hydrogen) atoms. The quantitative estimate of drug-likeness (QED) is 0.354. The summed E-state index contributed by atoms with van der Waals surface area (Å²) in [4.78, 5) is 10.5. The van der Waals surface area contributed by atoms with Gasteiger partial charge in [-0.1, -0.05) is 42.6 Å². The summed E-state index contributed by atoms with van der Waals surface area (Å²) in [6, 6.07) is 10.3. The molecule has 1 aromatic heterocycles. The Balaban J connectivity index is 1.79. The number of aromatic nitrogens is 2. The van der Waals surface area contributed by atoms with Crippen LogP contribution in [0.1, 0.15) is 43.1 Å². The van der Waals surface area contributed by atoms with E-state index in [9.17, 15) is 0 Å². The standard InChI is InChI=1S/C16H16ClIN2S/c17-16-14(18)15(11-6-4-5-7-11)19-13(20-16)10-21-12-8-2-1-3-9-12/h1-3,8-9,11H,4-7,10H2. The topological polar surface area (TPSA) is 25.8 Å². The minimum Gasteiger partial charge on any atom is -0.236 e. The minimum absolute atomic E-state index is 0.567. The van der Waals surface area contributed by atoms with Crippen LogP contribution in [0.3, 0.4) is 0 Å². The monoisotopic (exact) mass is 430 g/mol. The van der Waals surface area contributed by atoms with Gasteiger partial charge >= 0.3 is 0 Å².